The van der Waals surface area contributed by atoms with Crippen LogP contribution in [0.4, 0.5) is 13.2 Å². The first-order valence-electron chi connectivity index (χ1n) is 5.25. The van der Waals surface area contributed by atoms with Gasteiger partial charge in [-0.2, -0.15) is 0 Å². The highest BCUT2D eigenvalue weighted by molar-refractivity contribution is 6.17. The quantitative estimate of drug-likeness (QED) is 0.617. The molecule has 0 aromatic carbocycles. The number of ether oxygens (including phenoxy) is 3. The van der Waals surface area contributed by atoms with Crippen LogP contribution in [0.3, 0.4) is 0 Å². The van der Waals surface area contributed by atoms with Crippen molar-refractivity contribution in [1.29, 1.82) is 0 Å². The van der Waals surface area contributed by atoms with Crippen LogP contribution in [0.5, 0.6) is 11.6 Å². The highest BCUT2D eigenvalue weighted by Crippen LogP contribution is 2.34. The third-order valence-electron chi connectivity index (χ3n) is 2.27. The topological polar surface area (TPSA) is 57.7 Å². The Labute approximate surface area is 117 Å². The van der Waals surface area contributed by atoms with Gasteiger partial charge in [0.15, 0.2) is 0 Å². The van der Waals surface area contributed by atoms with Gasteiger partial charge in [-0.15, -0.1) is 24.8 Å². The molecule has 1 aromatic rings. The summed E-state index contributed by atoms with van der Waals surface area (Å²) in [6.07, 6.45) is -4.06. The Morgan fingerprint density at radius 2 is 2.05 bits per heavy atom. The van der Waals surface area contributed by atoms with Gasteiger partial charge in [0.25, 0.3) is 0 Å². The first-order valence-corrected chi connectivity index (χ1v) is 5.79. The summed E-state index contributed by atoms with van der Waals surface area (Å²) >= 11 is 5.60. The third-order valence-corrected chi connectivity index (χ3v) is 2.54. The predicted molar refractivity (Wildman–Crippen MR) is 62.7 cm³/mol. The van der Waals surface area contributed by atoms with Crippen LogP contribution in [0.15, 0.2) is 6.20 Å². The molecule has 0 fully saturated rings. The van der Waals surface area contributed by atoms with Crippen LogP contribution in [-0.4, -0.2) is 31.5 Å². The van der Waals surface area contributed by atoms with Gasteiger partial charge in [0.1, 0.15) is 5.75 Å². The van der Waals surface area contributed by atoms with Crippen molar-refractivity contribution >= 4 is 17.6 Å². The number of carbonyl (C=O) groups is 1. The Kier molecular flexibility index (Phi) is 5.43. The lowest BCUT2D eigenvalue weighted by molar-refractivity contribution is -0.276. The number of methoxy groups -OCH3 is 2. The Morgan fingerprint density at radius 3 is 2.50 bits per heavy atom. The van der Waals surface area contributed by atoms with Crippen LogP contribution in [0.2, 0.25) is 0 Å². The van der Waals surface area contributed by atoms with Gasteiger partial charge in [-0.3, -0.25) is 4.79 Å². The van der Waals surface area contributed by atoms with E-state index in [1.165, 1.54) is 14.2 Å². The van der Waals surface area contributed by atoms with E-state index < -0.39 is 18.2 Å². The molecule has 5 nitrogen and oxygen atoms in total. The van der Waals surface area contributed by atoms with E-state index in [9.17, 15) is 18.0 Å². The zero-order valence-corrected chi connectivity index (χ0v) is 11.3. The molecule has 0 amide bonds. The molecule has 112 valence electrons. The van der Waals surface area contributed by atoms with Crippen LogP contribution >= 0.6 is 11.6 Å². The monoisotopic (exact) mass is 313 g/mol. The molecule has 9 heteroatoms. The lowest BCUT2D eigenvalue weighted by atomic mass is 10.1. The smallest absolute Gasteiger partial charge is 0.496 e. The molecule has 0 atom stereocenters. The average molecular weight is 314 g/mol. The molecule has 1 rings (SSSR count). The Morgan fingerprint density at radius 1 is 1.40 bits per heavy atom. The second kappa shape index (κ2) is 6.65. The lowest BCUT2D eigenvalue weighted by Crippen LogP contribution is -2.19. The number of pyridine rings is 1. The van der Waals surface area contributed by atoms with Gasteiger partial charge in [0, 0.05) is 11.8 Å². The van der Waals surface area contributed by atoms with E-state index in [0.29, 0.717) is 0 Å². The maximum atomic E-state index is 12.2. The number of aromatic nitrogens is 1. The third kappa shape index (κ3) is 4.16. The van der Waals surface area contributed by atoms with Crippen LogP contribution in [0, 0.1) is 0 Å². The minimum atomic E-state index is -4.90. The molecule has 0 saturated heterocycles. The second-order valence-corrected chi connectivity index (χ2v) is 3.80. The molecule has 0 saturated carbocycles. The molecular formula is C11H11ClF3NO4. The zero-order valence-electron chi connectivity index (χ0n) is 10.6. The van der Waals surface area contributed by atoms with Crippen molar-refractivity contribution in [2.75, 3.05) is 14.2 Å². The van der Waals surface area contributed by atoms with Gasteiger partial charge in [-0.25, -0.2) is 4.98 Å². The summed E-state index contributed by atoms with van der Waals surface area (Å²) in [6.45, 7) is 0. The standard InChI is InChI=1S/C11H11ClF3NO4/c1-18-8(17)3-6-5-16-10(20-11(13,14)15)7(4-12)9(6)19-2/h5H,3-4H2,1-2H3. The Balaban J connectivity index is 3.22. The summed E-state index contributed by atoms with van der Waals surface area (Å²) in [7, 11) is 2.43. The highest BCUT2D eigenvalue weighted by atomic mass is 35.5. The van der Waals surface area contributed by atoms with Crippen molar-refractivity contribution in [1.82, 2.24) is 4.98 Å². The number of rotatable bonds is 5. The molecule has 0 unspecified atom stereocenters. The predicted octanol–water partition coefficient (Wildman–Crippen LogP) is 2.44. The van der Waals surface area contributed by atoms with Crippen LogP contribution < -0.4 is 9.47 Å². The number of carbonyl (C=O) groups excluding carboxylic acids is 1. The number of halogens is 4. The molecule has 0 aliphatic heterocycles. The number of hydrogen-bond acceptors (Lipinski definition) is 5. The number of hydrogen-bond donors (Lipinski definition) is 0. The summed E-state index contributed by atoms with van der Waals surface area (Å²) < 4.78 is 49.9. The SMILES string of the molecule is COC(=O)Cc1cnc(OC(F)(F)F)c(CCl)c1OC. The maximum Gasteiger partial charge on any atom is 0.574 e. The highest BCUT2D eigenvalue weighted by Gasteiger charge is 2.34. The fraction of sp³-hybridized carbons (Fsp3) is 0.455. The summed E-state index contributed by atoms with van der Waals surface area (Å²) in [5, 5.41) is 0. The van der Waals surface area contributed by atoms with E-state index in [2.05, 4.69) is 14.5 Å². The van der Waals surface area contributed by atoms with Crippen LogP contribution in [0.1, 0.15) is 11.1 Å². The molecule has 0 spiro atoms. The minimum Gasteiger partial charge on any atom is -0.496 e. The van der Waals surface area contributed by atoms with Gasteiger partial charge in [-0.1, -0.05) is 0 Å². The first-order chi connectivity index (χ1) is 9.32. The van der Waals surface area contributed by atoms with Crippen LogP contribution in [0.25, 0.3) is 0 Å². The van der Waals surface area contributed by atoms with Gasteiger partial charge >= 0.3 is 12.3 Å². The van der Waals surface area contributed by atoms with E-state index >= 15 is 0 Å². The Bertz CT molecular complexity index is 493. The van der Waals surface area contributed by atoms with Crippen molar-refractivity contribution in [2.45, 2.75) is 18.7 Å². The van der Waals surface area contributed by atoms with Gasteiger partial charge in [0.05, 0.1) is 32.1 Å². The molecule has 0 bridgehead atoms. The van der Waals surface area contributed by atoms with Crippen molar-refractivity contribution in [3.05, 3.63) is 17.3 Å². The van der Waals surface area contributed by atoms with Crippen molar-refractivity contribution in [3.63, 3.8) is 0 Å². The Hall–Kier alpha value is -1.70. The first kappa shape index (κ1) is 16.4. The zero-order chi connectivity index (χ0) is 15.3. The van der Waals surface area contributed by atoms with Gasteiger partial charge in [-0.05, 0) is 0 Å². The van der Waals surface area contributed by atoms with Gasteiger partial charge in [0.2, 0.25) is 5.88 Å². The summed E-state index contributed by atoms with van der Waals surface area (Å²) in [4.78, 5) is 14.7. The van der Waals surface area contributed by atoms with Gasteiger partial charge < -0.3 is 14.2 Å². The summed E-state index contributed by atoms with van der Waals surface area (Å²) in [6, 6.07) is 0. The molecule has 0 radical (unpaired) electrons. The average Bonchev–Trinajstić information content (AvgIpc) is 2.37. The lowest BCUT2D eigenvalue weighted by Gasteiger charge is -2.16. The molecule has 20 heavy (non-hydrogen) atoms. The fourth-order valence-electron chi connectivity index (χ4n) is 1.49. The maximum absolute atomic E-state index is 12.2. The molecule has 0 aliphatic carbocycles. The molecular weight excluding hydrogens is 303 g/mol. The van der Waals surface area contributed by atoms with E-state index in [-0.39, 0.29) is 29.2 Å². The largest absolute Gasteiger partial charge is 0.574 e. The van der Waals surface area contributed by atoms with E-state index in [1.54, 1.807) is 0 Å². The molecule has 0 N–H and O–H groups in total. The normalized spacial score (nSPS) is 11.1. The summed E-state index contributed by atoms with van der Waals surface area (Å²) in [5.74, 6) is -1.61. The number of alkyl halides is 4. The number of esters is 1. The number of nitrogens with zero attached hydrogens (tertiary/aromatic N) is 1. The second-order valence-electron chi connectivity index (χ2n) is 3.53. The fourth-order valence-corrected chi connectivity index (χ4v) is 1.72. The summed E-state index contributed by atoms with van der Waals surface area (Å²) in [5.41, 5.74) is 0.164. The van der Waals surface area contributed by atoms with Crippen molar-refractivity contribution in [2.24, 2.45) is 0 Å². The minimum absolute atomic E-state index is 0.0136. The molecule has 1 heterocycles. The van der Waals surface area contributed by atoms with Crippen LogP contribution in [-0.2, 0) is 21.8 Å². The van der Waals surface area contributed by atoms with E-state index in [1.807, 2.05) is 0 Å². The van der Waals surface area contributed by atoms with E-state index in [4.69, 9.17) is 16.3 Å². The van der Waals surface area contributed by atoms with E-state index in [0.717, 1.165) is 6.20 Å². The van der Waals surface area contributed by atoms with Crippen molar-refractivity contribution in [3.8, 4) is 11.6 Å². The van der Waals surface area contributed by atoms with Crippen molar-refractivity contribution < 1.29 is 32.2 Å². The molecule has 0 aliphatic rings. The molecule has 1 aromatic heterocycles.